The zero-order valence-corrected chi connectivity index (χ0v) is 16.1. The van der Waals surface area contributed by atoms with Crippen LogP contribution in [-0.4, -0.2) is 24.9 Å². The molecular formula is C24H17NO5. The maximum absolute atomic E-state index is 12.5. The summed E-state index contributed by atoms with van der Waals surface area (Å²) < 4.78 is 10.5. The van der Waals surface area contributed by atoms with E-state index in [0.29, 0.717) is 28.3 Å². The molecule has 4 rings (SSSR count). The summed E-state index contributed by atoms with van der Waals surface area (Å²) in [6.45, 7) is 0. The number of para-hydroxylation sites is 1. The van der Waals surface area contributed by atoms with Gasteiger partial charge in [-0.25, -0.2) is 9.69 Å². The normalized spacial score (nSPS) is 12.9. The van der Waals surface area contributed by atoms with Crippen LogP contribution < -0.4 is 14.4 Å². The number of anilines is 1. The highest BCUT2D eigenvalue weighted by atomic mass is 16.5. The van der Waals surface area contributed by atoms with Gasteiger partial charge in [0.15, 0.2) is 0 Å². The summed E-state index contributed by atoms with van der Waals surface area (Å²) >= 11 is 0. The number of ether oxygens (including phenoxy) is 2. The van der Waals surface area contributed by atoms with Gasteiger partial charge in [0.05, 0.1) is 23.9 Å². The zero-order valence-electron chi connectivity index (χ0n) is 16.1. The van der Waals surface area contributed by atoms with Crippen molar-refractivity contribution in [1.29, 1.82) is 0 Å². The van der Waals surface area contributed by atoms with Crippen LogP contribution in [0.2, 0.25) is 0 Å². The Morgan fingerprint density at radius 2 is 1.43 bits per heavy atom. The topological polar surface area (TPSA) is 72.9 Å². The van der Waals surface area contributed by atoms with Crippen LogP contribution in [0.25, 0.3) is 6.08 Å². The van der Waals surface area contributed by atoms with Crippen molar-refractivity contribution in [3.63, 3.8) is 0 Å². The third kappa shape index (κ3) is 3.58. The fourth-order valence-electron chi connectivity index (χ4n) is 3.20. The van der Waals surface area contributed by atoms with Crippen LogP contribution in [0, 0.1) is 0 Å². The molecule has 0 fully saturated rings. The lowest BCUT2D eigenvalue weighted by atomic mass is 10.1. The molecule has 2 amide bonds. The number of amides is 2. The molecule has 0 aromatic heterocycles. The van der Waals surface area contributed by atoms with Crippen molar-refractivity contribution >= 4 is 29.5 Å². The lowest BCUT2D eigenvalue weighted by Crippen LogP contribution is -2.29. The van der Waals surface area contributed by atoms with Crippen LogP contribution in [0.3, 0.4) is 0 Å². The molecule has 0 spiro atoms. The molecule has 148 valence electrons. The third-order valence-electron chi connectivity index (χ3n) is 4.65. The van der Waals surface area contributed by atoms with E-state index in [-0.39, 0.29) is 11.8 Å². The molecule has 1 aliphatic rings. The van der Waals surface area contributed by atoms with Gasteiger partial charge in [-0.3, -0.25) is 9.59 Å². The average molecular weight is 399 g/mol. The number of imide groups is 1. The first-order valence-corrected chi connectivity index (χ1v) is 9.19. The summed E-state index contributed by atoms with van der Waals surface area (Å²) in [7, 11) is 1.56. The summed E-state index contributed by atoms with van der Waals surface area (Å²) in [5.74, 6) is -0.369. The Morgan fingerprint density at radius 1 is 0.833 bits per heavy atom. The summed E-state index contributed by atoms with van der Waals surface area (Å²) in [5, 5.41) is 0. The number of esters is 1. The van der Waals surface area contributed by atoms with Crippen molar-refractivity contribution in [2.24, 2.45) is 0 Å². The van der Waals surface area contributed by atoms with E-state index in [9.17, 15) is 14.4 Å². The monoisotopic (exact) mass is 399 g/mol. The number of benzene rings is 3. The molecule has 3 aromatic rings. The van der Waals surface area contributed by atoms with Gasteiger partial charge in [0.2, 0.25) is 0 Å². The smallest absolute Gasteiger partial charge is 0.336 e. The van der Waals surface area contributed by atoms with Crippen molar-refractivity contribution in [1.82, 2.24) is 0 Å². The second-order valence-corrected chi connectivity index (χ2v) is 6.48. The Labute approximate surface area is 173 Å². The lowest BCUT2D eigenvalue weighted by molar-refractivity contribution is -0.128. The molecule has 0 radical (unpaired) electrons. The van der Waals surface area contributed by atoms with E-state index in [2.05, 4.69) is 0 Å². The molecule has 0 unspecified atom stereocenters. The quantitative estimate of drug-likeness (QED) is 0.279. The summed E-state index contributed by atoms with van der Waals surface area (Å²) in [5.41, 5.74) is 1.91. The first-order valence-electron chi connectivity index (χ1n) is 9.19. The van der Waals surface area contributed by atoms with Crippen molar-refractivity contribution in [3.05, 3.63) is 95.6 Å². The summed E-state index contributed by atoms with van der Waals surface area (Å²) in [4.78, 5) is 38.3. The van der Waals surface area contributed by atoms with Crippen molar-refractivity contribution in [3.8, 4) is 11.5 Å². The standard InChI is InChI=1S/C24H17NO5/c1-29-21-9-5-2-6-16(21)10-15-22(26)30-18-13-11-17(12-14-18)25-23(27)19-7-3-4-8-20(19)24(25)28/h2-15H,1H3/b15-10+. The molecule has 0 bridgehead atoms. The van der Waals surface area contributed by atoms with Crippen LogP contribution in [0.5, 0.6) is 11.5 Å². The number of carbonyl (C=O) groups excluding carboxylic acids is 3. The van der Waals surface area contributed by atoms with Crippen molar-refractivity contribution in [2.75, 3.05) is 12.0 Å². The van der Waals surface area contributed by atoms with E-state index >= 15 is 0 Å². The Hall–Kier alpha value is -4.19. The molecule has 6 heteroatoms. The van der Waals surface area contributed by atoms with E-state index in [1.165, 1.54) is 18.2 Å². The minimum atomic E-state index is -0.561. The van der Waals surface area contributed by atoms with Gasteiger partial charge in [0.25, 0.3) is 11.8 Å². The van der Waals surface area contributed by atoms with Gasteiger partial charge in [0.1, 0.15) is 11.5 Å². The predicted octanol–water partition coefficient (Wildman–Crippen LogP) is 4.11. The second-order valence-electron chi connectivity index (χ2n) is 6.48. The highest BCUT2D eigenvalue weighted by molar-refractivity contribution is 6.34. The number of carbonyl (C=O) groups is 3. The number of rotatable bonds is 5. The molecule has 3 aromatic carbocycles. The molecule has 0 aliphatic carbocycles. The van der Waals surface area contributed by atoms with Gasteiger partial charge < -0.3 is 9.47 Å². The Balaban J connectivity index is 1.46. The molecule has 6 nitrogen and oxygen atoms in total. The molecule has 0 saturated carbocycles. The van der Waals surface area contributed by atoms with Crippen LogP contribution in [0.1, 0.15) is 26.3 Å². The zero-order chi connectivity index (χ0) is 21.1. The van der Waals surface area contributed by atoms with Crippen LogP contribution in [0.4, 0.5) is 5.69 Å². The first-order chi connectivity index (χ1) is 14.6. The van der Waals surface area contributed by atoms with Crippen LogP contribution >= 0.6 is 0 Å². The molecule has 0 saturated heterocycles. The lowest BCUT2D eigenvalue weighted by Gasteiger charge is -2.14. The number of hydrogen-bond acceptors (Lipinski definition) is 5. The Bertz CT molecular complexity index is 1130. The minimum absolute atomic E-state index is 0.296. The highest BCUT2D eigenvalue weighted by Crippen LogP contribution is 2.29. The van der Waals surface area contributed by atoms with E-state index in [0.717, 1.165) is 10.5 Å². The van der Waals surface area contributed by atoms with Crippen molar-refractivity contribution < 1.29 is 23.9 Å². The van der Waals surface area contributed by atoms with E-state index in [4.69, 9.17) is 9.47 Å². The van der Waals surface area contributed by atoms with Gasteiger partial charge in [-0.1, -0.05) is 30.3 Å². The van der Waals surface area contributed by atoms with Gasteiger partial charge in [0, 0.05) is 11.6 Å². The van der Waals surface area contributed by atoms with E-state index in [1.54, 1.807) is 55.7 Å². The number of methoxy groups -OCH3 is 1. The largest absolute Gasteiger partial charge is 0.496 e. The average Bonchev–Trinajstić information content (AvgIpc) is 3.03. The molecular weight excluding hydrogens is 382 g/mol. The second kappa shape index (κ2) is 8.05. The fourth-order valence-corrected chi connectivity index (χ4v) is 3.20. The Morgan fingerprint density at radius 3 is 2.07 bits per heavy atom. The first kappa shape index (κ1) is 19.1. The van der Waals surface area contributed by atoms with E-state index in [1.807, 2.05) is 18.2 Å². The maximum Gasteiger partial charge on any atom is 0.336 e. The maximum atomic E-state index is 12.5. The van der Waals surface area contributed by atoms with E-state index < -0.39 is 5.97 Å². The fraction of sp³-hybridized carbons (Fsp3) is 0.0417. The van der Waals surface area contributed by atoms with Crippen LogP contribution in [0.15, 0.2) is 78.9 Å². The number of fused-ring (bicyclic) bond motifs is 1. The van der Waals surface area contributed by atoms with Gasteiger partial charge in [-0.15, -0.1) is 0 Å². The third-order valence-corrected chi connectivity index (χ3v) is 4.65. The number of hydrogen-bond donors (Lipinski definition) is 0. The minimum Gasteiger partial charge on any atom is -0.496 e. The number of nitrogens with zero attached hydrogens (tertiary/aromatic N) is 1. The molecule has 1 heterocycles. The van der Waals surface area contributed by atoms with Gasteiger partial charge >= 0.3 is 5.97 Å². The van der Waals surface area contributed by atoms with Gasteiger partial charge in [-0.05, 0) is 48.5 Å². The highest BCUT2D eigenvalue weighted by Gasteiger charge is 2.36. The SMILES string of the molecule is COc1ccccc1/C=C/C(=O)Oc1ccc(N2C(=O)c3ccccc3C2=O)cc1. The van der Waals surface area contributed by atoms with Crippen LogP contribution in [-0.2, 0) is 4.79 Å². The Kier molecular flexibility index (Phi) is 5.13. The molecule has 0 atom stereocenters. The molecule has 0 N–H and O–H groups in total. The summed E-state index contributed by atoms with van der Waals surface area (Å²) in [6, 6.07) is 20.2. The molecule has 1 aliphatic heterocycles. The van der Waals surface area contributed by atoms with Crippen molar-refractivity contribution in [2.45, 2.75) is 0 Å². The molecule has 30 heavy (non-hydrogen) atoms. The predicted molar refractivity (Wildman–Crippen MR) is 112 cm³/mol. The van der Waals surface area contributed by atoms with Gasteiger partial charge in [-0.2, -0.15) is 0 Å². The summed E-state index contributed by atoms with van der Waals surface area (Å²) in [6.07, 6.45) is 2.91.